The molecule has 2 saturated heterocycles. The fourth-order valence-electron chi connectivity index (χ4n) is 3.26. The summed E-state index contributed by atoms with van der Waals surface area (Å²) in [5.74, 6) is 0. The van der Waals surface area contributed by atoms with Crippen LogP contribution in [0.5, 0.6) is 0 Å². The Bertz CT molecular complexity index is 226. The largest absolute Gasteiger partial charge is 0.388 e. The molecule has 0 bridgehead atoms. The van der Waals surface area contributed by atoms with Crippen LogP contribution in [0.15, 0.2) is 0 Å². The van der Waals surface area contributed by atoms with Crippen molar-refractivity contribution in [3.63, 3.8) is 0 Å². The fourth-order valence-corrected chi connectivity index (χ4v) is 3.26. The predicted octanol–water partition coefficient (Wildman–Crippen LogP) is 1.75. The van der Waals surface area contributed by atoms with Crippen LogP contribution in [0.4, 0.5) is 0 Å². The molecule has 100 valence electrons. The minimum Gasteiger partial charge on any atom is -0.388 e. The van der Waals surface area contributed by atoms with Crippen LogP contribution in [-0.2, 0) is 0 Å². The number of nitrogens with zero attached hydrogens (tertiary/aromatic N) is 1. The summed E-state index contributed by atoms with van der Waals surface area (Å²) >= 11 is 0. The van der Waals surface area contributed by atoms with Crippen molar-refractivity contribution in [3.05, 3.63) is 0 Å². The Morgan fingerprint density at radius 3 is 2.53 bits per heavy atom. The Balaban J connectivity index is 1.91. The topological polar surface area (TPSA) is 35.5 Å². The van der Waals surface area contributed by atoms with Crippen molar-refractivity contribution in [2.24, 2.45) is 0 Å². The highest BCUT2D eigenvalue weighted by molar-refractivity contribution is 4.96. The van der Waals surface area contributed by atoms with Gasteiger partial charge in [-0.05, 0) is 46.1 Å². The second kappa shape index (κ2) is 5.68. The summed E-state index contributed by atoms with van der Waals surface area (Å²) in [4.78, 5) is 2.48. The van der Waals surface area contributed by atoms with E-state index < -0.39 is 5.60 Å². The van der Waals surface area contributed by atoms with Gasteiger partial charge >= 0.3 is 0 Å². The van der Waals surface area contributed by atoms with Crippen LogP contribution in [0.3, 0.4) is 0 Å². The number of likely N-dealkylation sites (tertiary alicyclic amines) is 1. The summed E-state index contributed by atoms with van der Waals surface area (Å²) in [6, 6.07) is 0.945. The zero-order valence-corrected chi connectivity index (χ0v) is 11.4. The Morgan fingerprint density at radius 2 is 1.88 bits per heavy atom. The maximum atomic E-state index is 10.8. The molecular formula is C14H28N2O. The van der Waals surface area contributed by atoms with E-state index in [1.165, 1.54) is 19.3 Å². The van der Waals surface area contributed by atoms with Gasteiger partial charge in [0.05, 0.1) is 5.60 Å². The van der Waals surface area contributed by atoms with Gasteiger partial charge in [0.15, 0.2) is 0 Å². The highest BCUT2D eigenvalue weighted by Crippen LogP contribution is 2.30. The standard InChI is InChI=1S/C14H28N2O/c1-12(2)16-10-7-14(17,8-11-16)13-6-4-3-5-9-15-13/h12-13,15,17H,3-11H2,1-2H3. The van der Waals surface area contributed by atoms with Gasteiger partial charge in [0.25, 0.3) is 0 Å². The van der Waals surface area contributed by atoms with Crippen molar-refractivity contribution in [2.75, 3.05) is 19.6 Å². The zero-order valence-electron chi connectivity index (χ0n) is 11.4. The maximum absolute atomic E-state index is 10.8. The molecule has 0 radical (unpaired) electrons. The summed E-state index contributed by atoms with van der Waals surface area (Å²) < 4.78 is 0. The third-order valence-corrected chi connectivity index (χ3v) is 4.60. The molecule has 17 heavy (non-hydrogen) atoms. The molecule has 2 aliphatic rings. The second-order valence-electron chi connectivity index (χ2n) is 6.09. The average Bonchev–Trinajstić information content (AvgIpc) is 2.58. The van der Waals surface area contributed by atoms with Crippen LogP contribution in [-0.4, -0.2) is 47.3 Å². The summed E-state index contributed by atoms with van der Waals surface area (Å²) in [6.07, 6.45) is 6.88. The number of rotatable bonds is 2. The molecule has 0 aliphatic carbocycles. The van der Waals surface area contributed by atoms with Gasteiger partial charge in [-0.3, -0.25) is 0 Å². The Labute approximate surface area is 106 Å². The van der Waals surface area contributed by atoms with Gasteiger partial charge < -0.3 is 15.3 Å². The lowest BCUT2D eigenvalue weighted by Gasteiger charge is -2.44. The number of hydrogen-bond acceptors (Lipinski definition) is 3. The average molecular weight is 240 g/mol. The van der Waals surface area contributed by atoms with Crippen LogP contribution in [0, 0.1) is 0 Å². The van der Waals surface area contributed by atoms with Gasteiger partial charge in [-0.25, -0.2) is 0 Å². The molecule has 0 aromatic rings. The summed E-state index contributed by atoms with van der Waals surface area (Å²) in [7, 11) is 0. The Morgan fingerprint density at radius 1 is 1.18 bits per heavy atom. The number of aliphatic hydroxyl groups is 1. The van der Waals surface area contributed by atoms with Crippen molar-refractivity contribution in [3.8, 4) is 0 Å². The first-order valence-electron chi connectivity index (χ1n) is 7.32. The lowest BCUT2D eigenvalue weighted by atomic mass is 9.82. The van der Waals surface area contributed by atoms with Crippen molar-refractivity contribution in [1.82, 2.24) is 10.2 Å². The smallest absolute Gasteiger partial charge is 0.0824 e. The minimum atomic E-state index is -0.449. The monoisotopic (exact) mass is 240 g/mol. The minimum absolute atomic E-state index is 0.333. The number of hydrogen-bond donors (Lipinski definition) is 2. The van der Waals surface area contributed by atoms with E-state index in [-0.39, 0.29) is 0 Å². The van der Waals surface area contributed by atoms with E-state index in [0.717, 1.165) is 38.9 Å². The first-order valence-corrected chi connectivity index (χ1v) is 7.32. The van der Waals surface area contributed by atoms with Gasteiger partial charge in [-0.2, -0.15) is 0 Å². The molecule has 0 aromatic carbocycles. The third-order valence-electron chi connectivity index (χ3n) is 4.60. The molecule has 2 aliphatic heterocycles. The van der Waals surface area contributed by atoms with Crippen molar-refractivity contribution in [2.45, 2.75) is 70.1 Å². The molecule has 0 amide bonds. The molecule has 1 atom stereocenters. The quantitative estimate of drug-likeness (QED) is 0.772. The van der Waals surface area contributed by atoms with Crippen LogP contribution in [0.2, 0.25) is 0 Å². The Kier molecular flexibility index (Phi) is 4.45. The summed E-state index contributed by atoms with van der Waals surface area (Å²) in [5, 5.41) is 14.4. The van der Waals surface area contributed by atoms with E-state index in [1.54, 1.807) is 0 Å². The lowest BCUT2D eigenvalue weighted by Crippen LogP contribution is -2.57. The highest BCUT2D eigenvalue weighted by Gasteiger charge is 2.39. The van der Waals surface area contributed by atoms with Crippen LogP contribution in [0.1, 0.15) is 52.4 Å². The molecule has 1 unspecified atom stereocenters. The SMILES string of the molecule is CC(C)N1CCC(O)(C2CCCCCN2)CC1. The zero-order chi connectivity index (χ0) is 12.3. The van der Waals surface area contributed by atoms with Crippen LogP contribution in [0.25, 0.3) is 0 Å². The predicted molar refractivity (Wildman–Crippen MR) is 71.2 cm³/mol. The van der Waals surface area contributed by atoms with E-state index >= 15 is 0 Å². The molecule has 2 N–H and O–H groups in total. The molecule has 3 heteroatoms. The van der Waals surface area contributed by atoms with Crippen molar-refractivity contribution in [1.29, 1.82) is 0 Å². The van der Waals surface area contributed by atoms with E-state index in [9.17, 15) is 5.11 Å². The molecule has 0 aromatic heterocycles. The molecule has 3 nitrogen and oxygen atoms in total. The highest BCUT2D eigenvalue weighted by atomic mass is 16.3. The van der Waals surface area contributed by atoms with Crippen molar-refractivity contribution < 1.29 is 5.11 Å². The molecule has 2 fully saturated rings. The summed E-state index contributed by atoms with van der Waals surface area (Å²) in [5.41, 5.74) is -0.449. The number of nitrogens with one attached hydrogen (secondary N) is 1. The molecule has 2 rings (SSSR count). The van der Waals surface area contributed by atoms with E-state index in [2.05, 4.69) is 24.1 Å². The van der Waals surface area contributed by atoms with Crippen molar-refractivity contribution >= 4 is 0 Å². The van der Waals surface area contributed by atoms with Crippen LogP contribution < -0.4 is 5.32 Å². The Hall–Kier alpha value is -0.120. The first kappa shape index (κ1) is 13.3. The molecule has 2 heterocycles. The van der Waals surface area contributed by atoms with Gasteiger partial charge in [0, 0.05) is 25.2 Å². The molecule has 0 saturated carbocycles. The third kappa shape index (κ3) is 3.21. The van der Waals surface area contributed by atoms with Gasteiger partial charge in [-0.15, -0.1) is 0 Å². The van der Waals surface area contributed by atoms with Gasteiger partial charge in [0.2, 0.25) is 0 Å². The number of piperidine rings is 1. The molecule has 0 spiro atoms. The second-order valence-corrected chi connectivity index (χ2v) is 6.09. The fraction of sp³-hybridized carbons (Fsp3) is 1.00. The van der Waals surface area contributed by atoms with Crippen LogP contribution >= 0.6 is 0 Å². The van der Waals surface area contributed by atoms with Gasteiger partial charge in [-0.1, -0.05) is 12.8 Å². The van der Waals surface area contributed by atoms with E-state index in [1.807, 2.05) is 0 Å². The van der Waals surface area contributed by atoms with E-state index in [0.29, 0.717) is 12.1 Å². The van der Waals surface area contributed by atoms with E-state index in [4.69, 9.17) is 0 Å². The normalized spacial score (nSPS) is 31.4. The lowest BCUT2D eigenvalue weighted by molar-refractivity contribution is -0.0561. The first-order chi connectivity index (χ1) is 8.12. The molecular weight excluding hydrogens is 212 g/mol. The summed E-state index contributed by atoms with van der Waals surface area (Å²) in [6.45, 7) is 7.67. The maximum Gasteiger partial charge on any atom is 0.0824 e. The van der Waals surface area contributed by atoms with Gasteiger partial charge in [0.1, 0.15) is 0 Å².